The van der Waals surface area contributed by atoms with Gasteiger partial charge in [-0.25, -0.2) is 0 Å². The van der Waals surface area contributed by atoms with E-state index in [0.29, 0.717) is 12.7 Å². The Morgan fingerprint density at radius 2 is 1.96 bits per heavy atom. The molecule has 2 aromatic rings. The molecule has 0 bridgehead atoms. The largest absolute Gasteiger partial charge is 0.454 e. The Hall–Kier alpha value is -1.52. The predicted molar refractivity (Wildman–Crippen MR) is 98.8 cm³/mol. The van der Waals surface area contributed by atoms with E-state index in [0.717, 1.165) is 30.5 Å². The molecule has 0 fully saturated rings. The first kappa shape index (κ1) is 17.3. The summed E-state index contributed by atoms with van der Waals surface area (Å²) in [5.74, 6) is 3.13. The third kappa shape index (κ3) is 4.74. The zero-order valence-electron chi connectivity index (χ0n) is 14.7. The Kier molecular flexibility index (Phi) is 6.16. The second-order valence-electron chi connectivity index (χ2n) is 6.93. The molecule has 0 aliphatic carbocycles. The molecule has 0 unspecified atom stereocenters. The highest BCUT2D eigenvalue weighted by Crippen LogP contribution is 2.36. The molecule has 2 heterocycles. The maximum absolute atomic E-state index is 5.56. The van der Waals surface area contributed by atoms with E-state index in [1.165, 1.54) is 29.7 Å². The molecule has 2 N–H and O–H groups in total. The molecule has 1 aromatic heterocycles. The van der Waals surface area contributed by atoms with Gasteiger partial charge in [-0.1, -0.05) is 32.4 Å². The van der Waals surface area contributed by atoms with Crippen LogP contribution < -0.4 is 14.8 Å². The molecule has 0 spiro atoms. The summed E-state index contributed by atoms with van der Waals surface area (Å²) in [6, 6.07) is 10.8. The third-order valence-electron chi connectivity index (χ3n) is 4.61. The quantitative estimate of drug-likeness (QED) is 0.692. The topological polar surface area (TPSA) is 35.1 Å². The van der Waals surface area contributed by atoms with Crippen molar-refractivity contribution in [2.45, 2.75) is 45.6 Å². The number of rotatable bonds is 9. The number of quaternary nitrogens is 1. The van der Waals surface area contributed by atoms with Crippen LogP contribution in [-0.4, -0.2) is 13.3 Å². The van der Waals surface area contributed by atoms with Crippen molar-refractivity contribution < 1.29 is 14.8 Å². The van der Waals surface area contributed by atoms with E-state index in [9.17, 15) is 0 Å². The zero-order chi connectivity index (χ0) is 16.8. The molecule has 24 heavy (non-hydrogen) atoms. The standard InChI is InChI=1S/C20H27NO2S/c1-15(2)5-6-16(9-10-21-13-18-4-3-11-24-18)17-7-8-19-20(12-17)23-14-22-19/h3-4,7-8,11-12,15-16,21H,5-6,9-10,13-14H2,1-2H3/p+1/t16-/m1/s1. The Labute approximate surface area is 149 Å². The highest BCUT2D eigenvalue weighted by Gasteiger charge is 2.18. The molecule has 0 radical (unpaired) electrons. The van der Waals surface area contributed by atoms with Gasteiger partial charge >= 0.3 is 0 Å². The fourth-order valence-corrected chi connectivity index (χ4v) is 3.87. The summed E-state index contributed by atoms with van der Waals surface area (Å²) >= 11 is 1.84. The van der Waals surface area contributed by atoms with Crippen molar-refractivity contribution in [1.82, 2.24) is 0 Å². The molecule has 1 aliphatic rings. The normalized spacial score (nSPS) is 14.3. The Bertz CT molecular complexity index is 625. The second kappa shape index (κ2) is 8.54. The van der Waals surface area contributed by atoms with Crippen molar-refractivity contribution in [3.8, 4) is 11.5 Å². The molecule has 1 aliphatic heterocycles. The summed E-state index contributed by atoms with van der Waals surface area (Å²) in [6.07, 6.45) is 3.71. The number of benzene rings is 1. The summed E-state index contributed by atoms with van der Waals surface area (Å²) in [6.45, 7) is 7.22. The third-order valence-corrected chi connectivity index (χ3v) is 5.50. The molecule has 0 saturated carbocycles. The van der Waals surface area contributed by atoms with E-state index >= 15 is 0 Å². The van der Waals surface area contributed by atoms with Gasteiger partial charge in [-0.2, -0.15) is 0 Å². The number of ether oxygens (including phenoxy) is 2. The molecular weight excluding hydrogens is 318 g/mol. The minimum atomic E-state index is 0.351. The fourth-order valence-electron chi connectivity index (χ4n) is 3.17. The van der Waals surface area contributed by atoms with Gasteiger partial charge in [0.1, 0.15) is 6.54 Å². The van der Waals surface area contributed by atoms with E-state index in [4.69, 9.17) is 9.47 Å². The minimum absolute atomic E-state index is 0.351. The number of nitrogens with two attached hydrogens (primary N) is 1. The van der Waals surface area contributed by atoms with Gasteiger partial charge in [0.25, 0.3) is 0 Å². The molecule has 4 heteroatoms. The Morgan fingerprint density at radius 1 is 1.08 bits per heavy atom. The number of hydrogen-bond acceptors (Lipinski definition) is 3. The van der Waals surface area contributed by atoms with Gasteiger partial charge in [0.05, 0.1) is 11.4 Å². The first-order chi connectivity index (χ1) is 11.7. The number of hydrogen-bond donors (Lipinski definition) is 1. The van der Waals surface area contributed by atoms with E-state index in [2.05, 4.69) is 54.9 Å². The molecule has 3 rings (SSSR count). The van der Waals surface area contributed by atoms with Gasteiger partial charge in [0, 0.05) is 6.42 Å². The van der Waals surface area contributed by atoms with Crippen LogP contribution in [0.4, 0.5) is 0 Å². The lowest BCUT2D eigenvalue weighted by molar-refractivity contribution is -0.670. The van der Waals surface area contributed by atoms with Gasteiger partial charge in [-0.3, -0.25) is 0 Å². The van der Waals surface area contributed by atoms with Crippen LogP contribution in [0.3, 0.4) is 0 Å². The van der Waals surface area contributed by atoms with Crippen LogP contribution in [0.25, 0.3) is 0 Å². The van der Waals surface area contributed by atoms with E-state index in [1.54, 1.807) is 0 Å². The second-order valence-corrected chi connectivity index (χ2v) is 7.96. The molecule has 1 atom stereocenters. The highest BCUT2D eigenvalue weighted by atomic mass is 32.1. The monoisotopic (exact) mass is 346 g/mol. The molecule has 3 nitrogen and oxygen atoms in total. The maximum atomic E-state index is 5.56. The predicted octanol–water partition coefficient (Wildman–Crippen LogP) is 4.15. The smallest absolute Gasteiger partial charge is 0.231 e. The fraction of sp³-hybridized carbons (Fsp3) is 0.500. The lowest BCUT2D eigenvalue weighted by Gasteiger charge is -2.18. The number of fused-ring (bicyclic) bond motifs is 1. The molecule has 1 aromatic carbocycles. The molecule has 0 amide bonds. The highest BCUT2D eigenvalue weighted by molar-refractivity contribution is 7.09. The minimum Gasteiger partial charge on any atom is -0.454 e. The van der Waals surface area contributed by atoms with Crippen molar-refractivity contribution in [3.63, 3.8) is 0 Å². The summed E-state index contributed by atoms with van der Waals surface area (Å²) in [7, 11) is 0. The lowest BCUT2D eigenvalue weighted by Crippen LogP contribution is -2.82. The van der Waals surface area contributed by atoms with Crippen molar-refractivity contribution in [2.24, 2.45) is 5.92 Å². The average Bonchev–Trinajstić information content (AvgIpc) is 3.24. The van der Waals surface area contributed by atoms with E-state index < -0.39 is 0 Å². The van der Waals surface area contributed by atoms with Crippen molar-refractivity contribution in [2.75, 3.05) is 13.3 Å². The van der Waals surface area contributed by atoms with Gasteiger partial charge in [0.15, 0.2) is 11.5 Å². The van der Waals surface area contributed by atoms with Gasteiger partial charge in [-0.15, -0.1) is 11.3 Å². The summed E-state index contributed by atoms with van der Waals surface area (Å²) in [5.41, 5.74) is 1.39. The Morgan fingerprint density at radius 3 is 2.75 bits per heavy atom. The SMILES string of the molecule is CC(C)CC[C@H](CC[NH2+]Cc1cccs1)c1ccc2c(c1)OCO2. The van der Waals surface area contributed by atoms with Crippen LogP contribution in [0.5, 0.6) is 11.5 Å². The van der Waals surface area contributed by atoms with Gasteiger partial charge in [0.2, 0.25) is 6.79 Å². The van der Waals surface area contributed by atoms with Crippen LogP contribution in [0.2, 0.25) is 0 Å². The zero-order valence-corrected chi connectivity index (χ0v) is 15.5. The lowest BCUT2D eigenvalue weighted by atomic mass is 9.88. The van der Waals surface area contributed by atoms with Crippen LogP contribution in [-0.2, 0) is 6.54 Å². The first-order valence-electron chi connectivity index (χ1n) is 8.96. The average molecular weight is 347 g/mol. The van der Waals surface area contributed by atoms with Crippen molar-refractivity contribution in [1.29, 1.82) is 0 Å². The molecular formula is C20H28NO2S+. The summed E-state index contributed by atoms with van der Waals surface area (Å²) in [5, 5.41) is 4.59. The van der Waals surface area contributed by atoms with Gasteiger partial charge in [-0.05, 0) is 47.4 Å². The van der Waals surface area contributed by atoms with Crippen LogP contribution >= 0.6 is 11.3 Å². The molecule has 0 saturated heterocycles. The van der Waals surface area contributed by atoms with E-state index in [1.807, 2.05) is 11.3 Å². The maximum Gasteiger partial charge on any atom is 0.231 e. The van der Waals surface area contributed by atoms with Gasteiger partial charge < -0.3 is 14.8 Å². The van der Waals surface area contributed by atoms with Crippen LogP contribution in [0, 0.1) is 5.92 Å². The Balaban J connectivity index is 1.57. The number of thiophene rings is 1. The first-order valence-corrected chi connectivity index (χ1v) is 9.84. The van der Waals surface area contributed by atoms with Crippen molar-refractivity contribution in [3.05, 3.63) is 46.2 Å². The van der Waals surface area contributed by atoms with Crippen LogP contribution in [0.15, 0.2) is 35.7 Å². The molecule has 130 valence electrons. The summed E-state index contributed by atoms with van der Waals surface area (Å²) in [4.78, 5) is 1.46. The van der Waals surface area contributed by atoms with E-state index in [-0.39, 0.29) is 0 Å². The summed E-state index contributed by atoms with van der Waals surface area (Å²) < 4.78 is 11.0. The van der Waals surface area contributed by atoms with Crippen molar-refractivity contribution >= 4 is 11.3 Å². The van der Waals surface area contributed by atoms with Crippen LogP contribution in [0.1, 0.15) is 49.5 Å².